The van der Waals surface area contributed by atoms with Gasteiger partial charge in [-0.15, -0.1) is 0 Å². The molecule has 1 aromatic heterocycles. The number of rotatable bonds is 8. The Balaban J connectivity index is 1.41. The van der Waals surface area contributed by atoms with Crippen LogP contribution in [0.1, 0.15) is 31.0 Å². The number of esters is 1. The highest BCUT2D eigenvalue weighted by atomic mass is 16.5. The molecule has 34 heavy (non-hydrogen) atoms. The molecule has 0 bridgehead atoms. The van der Waals surface area contributed by atoms with Crippen molar-refractivity contribution < 1.29 is 19.1 Å². The van der Waals surface area contributed by atoms with Gasteiger partial charge in [0.25, 0.3) is 5.56 Å². The fraction of sp³-hybridized carbons (Fsp3) is 0.375. The number of anilines is 1. The second-order valence-electron chi connectivity index (χ2n) is 8.31. The zero-order chi connectivity index (χ0) is 24.1. The standard InChI is InChI=1S/C24H25N5O5/c25-13-16(12-15-10-11-26-22(15)31)28-23(32)20-9-7-17-6-8-19(24(33)29(17)20)27-14-21(30)34-18-4-2-1-3-5-18/h1-6,8,15-16,20,27H,7,9-12,14H2,(H,26,31)(H,28,32)/t15-,16-,20?/m0/s1. The lowest BCUT2D eigenvalue weighted by Gasteiger charge is -2.19. The number of ether oxygens (including phenoxy) is 1. The fourth-order valence-corrected chi connectivity index (χ4v) is 4.32. The molecule has 2 aliphatic rings. The van der Waals surface area contributed by atoms with E-state index in [1.165, 1.54) is 4.57 Å². The summed E-state index contributed by atoms with van der Waals surface area (Å²) in [5.74, 6) is -1.02. The number of carbonyl (C=O) groups excluding carboxylic acids is 3. The quantitative estimate of drug-likeness (QED) is 0.390. The summed E-state index contributed by atoms with van der Waals surface area (Å²) in [6, 6.07) is 12.4. The molecule has 1 unspecified atom stereocenters. The first-order chi connectivity index (χ1) is 16.5. The van der Waals surface area contributed by atoms with E-state index in [9.17, 15) is 24.4 Å². The van der Waals surface area contributed by atoms with Gasteiger partial charge in [-0.2, -0.15) is 5.26 Å². The maximum atomic E-state index is 13.1. The third-order valence-corrected chi connectivity index (χ3v) is 6.04. The van der Waals surface area contributed by atoms with Crippen molar-refractivity contribution in [1.82, 2.24) is 15.2 Å². The van der Waals surface area contributed by atoms with Crippen molar-refractivity contribution >= 4 is 23.5 Å². The lowest BCUT2D eigenvalue weighted by atomic mass is 9.99. The van der Waals surface area contributed by atoms with Crippen LogP contribution in [0.5, 0.6) is 5.75 Å². The molecule has 3 atom stereocenters. The highest BCUT2D eigenvalue weighted by Gasteiger charge is 2.33. The van der Waals surface area contributed by atoms with Gasteiger partial charge in [-0.05, 0) is 49.9 Å². The summed E-state index contributed by atoms with van der Waals surface area (Å²) in [6.07, 6.45) is 1.81. The number of amides is 2. The minimum absolute atomic E-state index is 0.113. The number of benzene rings is 1. The second-order valence-corrected chi connectivity index (χ2v) is 8.31. The largest absolute Gasteiger partial charge is 0.425 e. The minimum Gasteiger partial charge on any atom is -0.425 e. The highest BCUT2D eigenvalue weighted by molar-refractivity contribution is 5.83. The average Bonchev–Trinajstić information content (AvgIpc) is 3.45. The summed E-state index contributed by atoms with van der Waals surface area (Å²) < 4.78 is 6.61. The first-order valence-electron chi connectivity index (χ1n) is 11.2. The fourth-order valence-electron chi connectivity index (χ4n) is 4.32. The van der Waals surface area contributed by atoms with Crippen LogP contribution in [0.4, 0.5) is 5.69 Å². The lowest BCUT2D eigenvalue weighted by Crippen LogP contribution is -2.42. The lowest BCUT2D eigenvalue weighted by molar-refractivity contribution is -0.132. The van der Waals surface area contributed by atoms with Crippen LogP contribution in [0, 0.1) is 17.2 Å². The highest BCUT2D eigenvalue weighted by Crippen LogP contribution is 2.25. The topological polar surface area (TPSA) is 142 Å². The van der Waals surface area contributed by atoms with Gasteiger partial charge in [-0.1, -0.05) is 18.2 Å². The SMILES string of the molecule is N#C[C@H](C[C@@H]1CCNC1=O)NC(=O)C1CCc2ccc(NCC(=O)Oc3ccccc3)c(=O)n21. The van der Waals surface area contributed by atoms with Gasteiger partial charge in [0, 0.05) is 18.2 Å². The molecule has 4 rings (SSSR count). The zero-order valence-corrected chi connectivity index (χ0v) is 18.5. The smallest absolute Gasteiger partial charge is 0.330 e. The Morgan fingerprint density at radius 3 is 2.68 bits per heavy atom. The van der Waals surface area contributed by atoms with Gasteiger partial charge >= 0.3 is 5.97 Å². The van der Waals surface area contributed by atoms with Crippen molar-refractivity contribution in [1.29, 1.82) is 5.26 Å². The van der Waals surface area contributed by atoms with Crippen LogP contribution in [0.2, 0.25) is 0 Å². The number of aryl methyl sites for hydroxylation is 1. The molecule has 0 aliphatic carbocycles. The Labute approximate surface area is 195 Å². The molecule has 2 amide bonds. The Kier molecular flexibility index (Phi) is 6.92. The molecule has 3 heterocycles. The average molecular weight is 463 g/mol. The number of nitrogens with zero attached hydrogens (tertiary/aromatic N) is 2. The van der Waals surface area contributed by atoms with E-state index in [0.717, 1.165) is 0 Å². The normalized spacial score (nSPS) is 19.4. The van der Waals surface area contributed by atoms with Crippen LogP contribution >= 0.6 is 0 Å². The van der Waals surface area contributed by atoms with Gasteiger partial charge in [-0.3, -0.25) is 19.0 Å². The molecular weight excluding hydrogens is 438 g/mol. The zero-order valence-electron chi connectivity index (χ0n) is 18.5. The van der Waals surface area contributed by atoms with Gasteiger partial charge in [0.1, 0.15) is 30.1 Å². The summed E-state index contributed by atoms with van der Waals surface area (Å²) in [5.41, 5.74) is 0.450. The van der Waals surface area contributed by atoms with Crippen LogP contribution < -0.4 is 26.2 Å². The molecule has 10 nitrogen and oxygen atoms in total. The molecule has 176 valence electrons. The van der Waals surface area contributed by atoms with E-state index in [1.807, 2.05) is 6.07 Å². The molecule has 1 saturated heterocycles. The van der Waals surface area contributed by atoms with Gasteiger partial charge in [-0.25, -0.2) is 4.79 Å². The second kappa shape index (κ2) is 10.2. The maximum absolute atomic E-state index is 13.1. The number of aromatic nitrogens is 1. The van der Waals surface area contributed by atoms with Crippen LogP contribution in [0.15, 0.2) is 47.3 Å². The van der Waals surface area contributed by atoms with E-state index in [0.29, 0.717) is 37.3 Å². The predicted molar refractivity (Wildman–Crippen MR) is 122 cm³/mol. The van der Waals surface area contributed by atoms with Crippen molar-refractivity contribution in [2.75, 3.05) is 18.4 Å². The van der Waals surface area contributed by atoms with Crippen molar-refractivity contribution in [3.63, 3.8) is 0 Å². The molecule has 2 aromatic rings. The van der Waals surface area contributed by atoms with E-state index in [-0.39, 0.29) is 30.5 Å². The van der Waals surface area contributed by atoms with E-state index in [2.05, 4.69) is 16.0 Å². The molecule has 0 spiro atoms. The number of hydrogen-bond donors (Lipinski definition) is 3. The third-order valence-electron chi connectivity index (χ3n) is 6.04. The number of nitriles is 1. The van der Waals surface area contributed by atoms with E-state index in [4.69, 9.17) is 4.74 Å². The summed E-state index contributed by atoms with van der Waals surface area (Å²) in [6.45, 7) is 0.343. The van der Waals surface area contributed by atoms with Crippen molar-refractivity contribution in [2.24, 2.45) is 5.92 Å². The van der Waals surface area contributed by atoms with Crippen molar-refractivity contribution in [3.05, 3.63) is 58.5 Å². The van der Waals surface area contributed by atoms with Gasteiger partial charge in [0.2, 0.25) is 11.8 Å². The molecule has 3 N–H and O–H groups in total. The number of pyridine rings is 1. The van der Waals surface area contributed by atoms with Crippen LogP contribution in [-0.2, 0) is 20.8 Å². The van der Waals surface area contributed by atoms with Gasteiger partial charge in [0.05, 0.1) is 6.07 Å². The summed E-state index contributed by atoms with van der Waals surface area (Å²) in [7, 11) is 0. The minimum atomic E-state index is -0.824. The Hall–Kier alpha value is -4.13. The van der Waals surface area contributed by atoms with Crippen LogP contribution in [-0.4, -0.2) is 41.5 Å². The summed E-state index contributed by atoms with van der Waals surface area (Å²) in [4.78, 5) is 49.9. The summed E-state index contributed by atoms with van der Waals surface area (Å²) >= 11 is 0. The Morgan fingerprint density at radius 2 is 1.97 bits per heavy atom. The predicted octanol–water partition coefficient (Wildman–Crippen LogP) is 0.888. The maximum Gasteiger partial charge on any atom is 0.330 e. The van der Waals surface area contributed by atoms with Gasteiger partial charge in [0.15, 0.2) is 0 Å². The first-order valence-corrected chi connectivity index (χ1v) is 11.2. The first kappa shape index (κ1) is 23.0. The molecule has 2 aliphatic heterocycles. The number of para-hydroxylation sites is 1. The number of carbonyl (C=O) groups is 3. The van der Waals surface area contributed by atoms with Gasteiger partial charge < -0.3 is 20.7 Å². The monoisotopic (exact) mass is 463 g/mol. The summed E-state index contributed by atoms with van der Waals surface area (Å²) in [5, 5.41) is 17.7. The Bertz CT molecular complexity index is 1190. The number of hydrogen-bond acceptors (Lipinski definition) is 7. The molecule has 0 radical (unpaired) electrons. The molecule has 0 saturated carbocycles. The third kappa shape index (κ3) is 5.09. The van der Waals surface area contributed by atoms with Crippen LogP contribution in [0.25, 0.3) is 0 Å². The van der Waals surface area contributed by atoms with E-state index >= 15 is 0 Å². The number of fused-ring (bicyclic) bond motifs is 1. The van der Waals surface area contributed by atoms with Crippen molar-refractivity contribution in [2.45, 2.75) is 37.8 Å². The Morgan fingerprint density at radius 1 is 1.18 bits per heavy atom. The molecule has 1 fully saturated rings. The van der Waals surface area contributed by atoms with E-state index < -0.39 is 29.5 Å². The molecular formula is C24H25N5O5. The molecule has 1 aromatic carbocycles. The number of nitrogens with one attached hydrogen (secondary N) is 3. The molecule has 10 heteroatoms. The van der Waals surface area contributed by atoms with Crippen molar-refractivity contribution in [3.8, 4) is 11.8 Å². The van der Waals surface area contributed by atoms with Crippen LogP contribution in [0.3, 0.4) is 0 Å². The van der Waals surface area contributed by atoms with E-state index in [1.54, 1.807) is 42.5 Å².